The molecule has 0 heterocycles. The van der Waals surface area contributed by atoms with Crippen molar-refractivity contribution in [2.45, 2.75) is 71.0 Å². The number of benzene rings is 3. The number of ether oxygens (including phenoxy) is 1. The van der Waals surface area contributed by atoms with Crippen LogP contribution in [0.5, 0.6) is 5.75 Å². The molecule has 3 aromatic carbocycles. The van der Waals surface area contributed by atoms with Crippen LogP contribution >= 0.6 is 0 Å². The molecule has 1 aliphatic carbocycles. The van der Waals surface area contributed by atoms with Crippen LogP contribution in [0.15, 0.2) is 66.7 Å². The number of amides is 2. The summed E-state index contributed by atoms with van der Waals surface area (Å²) in [6.45, 7) is 4.25. The molecule has 5 nitrogen and oxygen atoms in total. The maximum absolute atomic E-state index is 13.6. The molecule has 1 fully saturated rings. The van der Waals surface area contributed by atoms with Gasteiger partial charge in [0.2, 0.25) is 5.91 Å². The number of fused-ring (bicyclic) bond motifs is 1. The van der Waals surface area contributed by atoms with Crippen molar-refractivity contribution in [2.75, 3.05) is 6.61 Å². The van der Waals surface area contributed by atoms with Crippen LogP contribution < -0.4 is 10.1 Å². The first kappa shape index (κ1) is 24.8. The molecule has 35 heavy (non-hydrogen) atoms. The molecule has 0 bridgehead atoms. The summed E-state index contributed by atoms with van der Waals surface area (Å²) in [5, 5.41) is 5.26. The predicted octanol–water partition coefficient (Wildman–Crippen LogP) is 5.78. The van der Waals surface area contributed by atoms with Gasteiger partial charge in [0.1, 0.15) is 11.8 Å². The number of aryl methyl sites for hydroxylation is 1. The molecule has 0 unspecified atom stereocenters. The minimum absolute atomic E-state index is 0.0643. The van der Waals surface area contributed by atoms with Crippen molar-refractivity contribution in [1.82, 2.24) is 10.2 Å². The first-order chi connectivity index (χ1) is 17.0. The number of hydrogen-bond acceptors (Lipinski definition) is 3. The van der Waals surface area contributed by atoms with Crippen LogP contribution in [0.1, 0.15) is 56.6 Å². The highest BCUT2D eigenvalue weighted by Gasteiger charge is 2.30. The zero-order valence-corrected chi connectivity index (χ0v) is 20.8. The SMILES string of the molecule is CC[C@H](C(=O)NC1CCCCC1)N(Cc1cccc(C)c1)C(=O)COc1cccc2ccccc12. The molecule has 184 valence electrons. The van der Waals surface area contributed by atoms with Gasteiger partial charge >= 0.3 is 0 Å². The summed E-state index contributed by atoms with van der Waals surface area (Å²) in [4.78, 5) is 28.6. The fourth-order valence-corrected chi connectivity index (χ4v) is 5.01. The lowest BCUT2D eigenvalue weighted by Gasteiger charge is -2.32. The van der Waals surface area contributed by atoms with Crippen LogP contribution in [-0.4, -0.2) is 35.4 Å². The van der Waals surface area contributed by atoms with Gasteiger partial charge in [-0.1, -0.05) is 92.4 Å². The zero-order valence-electron chi connectivity index (χ0n) is 20.8. The third-order valence-electron chi connectivity index (χ3n) is 6.87. The van der Waals surface area contributed by atoms with Crippen molar-refractivity contribution in [2.24, 2.45) is 0 Å². The van der Waals surface area contributed by atoms with Crippen LogP contribution in [-0.2, 0) is 16.1 Å². The van der Waals surface area contributed by atoms with E-state index >= 15 is 0 Å². The van der Waals surface area contributed by atoms with E-state index in [1.54, 1.807) is 4.90 Å². The van der Waals surface area contributed by atoms with E-state index < -0.39 is 6.04 Å². The minimum atomic E-state index is -0.541. The molecule has 1 saturated carbocycles. The minimum Gasteiger partial charge on any atom is -0.483 e. The molecule has 3 aromatic rings. The molecule has 2 amide bonds. The highest BCUT2D eigenvalue weighted by Crippen LogP contribution is 2.25. The van der Waals surface area contributed by atoms with Crippen LogP contribution in [0.2, 0.25) is 0 Å². The Balaban J connectivity index is 1.53. The first-order valence-electron chi connectivity index (χ1n) is 12.8. The molecule has 0 saturated heterocycles. The van der Waals surface area contributed by atoms with Gasteiger partial charge in [0.05, 0.1) is 0 Å². The van der Waals surface area contributed by atoms with Gasteiger partial charge in [-0.3, -0.25) is 9.59 Å². The molecule has 1 atom stereocenters. The monoisotopic (exact) mass is 472 g/mol. The van der Waals surface area contributed by atoms with Crippen molar-refractivity contribution in [3.05, 3.63) is 77.9 Å². The second-order valence-electron chi connectivity index (χ2n) is 9.54. The molecule has 1 aliphatic rings. The maximum Gasteiger partial charge on any atom is 0.261 e. The van der Waals surface area contributed by atoms with E-state index in [2.05, 4.69) is 11.4 Å². The second-order valence-corrected chi connectivity index (χ2v) is 9.54. The fraction of sp³-hybridized carbons (Fsp3) is 0.400. The van der Waals surface area contributed by atoms with Crippen molar-refractivity contribution in [3.63, 3.8) is 0 Å². The summed E-state index contributed by atoms with van der Waals surface area (Å²) in [5.41, 5.74) is 2.13. The van der Waals surface area contributed by atoms with Crippen molar-refractivity contribution in [1.29, 1.82) is 0 Å². The highest BCUT2D eigenvalue weighted by atomic mass is 16.5. The van der Waals surface area contributed by atoms with E-state index in [-0.39, 0.29) is 24.5 Å². The van der Waals surface area contributed by atoms with Crippen molar-refractivity contribution in [3.8, 4) is 5.75 Å². The van der Waals surface area contributed by atoms with E-state index in [1.807, 2.05) is 74.5 Å². The third kappa shape index (κ3) is 6.41. The maximum atomic E-state index is 13.6. The Kier molecular flexibility index (Phi) is 8.40. The number of rotatable bonds is 9. The Labute approximate surface area is 208 Å². The average Bonchev–Trinajstić information content (AvgIpc) is 2.87. The number of carbonyl (C=O) groups excluding carboxylic acids is 2. The predicted molar refractivity (Wildman–Crippen MR) is 140 cm³/mol. The normalized spacial score (nSPS) is 14.9. The third-order valence-corrected chi connectivity index (χ3v) is 6.87. The second kappa shape index (κ2) is 11.9. The van der Waals surface area contributed by atoms with Crippen molar-refractivity contribution < 1.29 is 14.3 Å². The number of nitrogens with one attached hydrogen (secondary N) is 1. The van der Waals surface area contributed by atoms with Crippen LogP contribution in [0.25, 0.3) is 10.8 Å². The van der Waals surface area contributed by atoms with Gasteiger partial charge in [0, 0.05) is 18.0 Å². The van der Waals surface area contributed by atoms with Gasteiger partial charge in [0.25, 0.3) is 5.91 Å². The lowest BCUT2D eigenvalue weighted by molar-refractivity contribution is -0.143. The van der Waals surface area contributed by atoms with E-state index in [0.29, 0.717) is 18.7 Å². The van der Waals surface area contributed by atoms with E-state index in [1.165, 1.54) is 6.42 Å². The standard InChI is InChI=1S/C30H36N2O3/c1-3-27(30(34)31-25-15-5-4-6-16-25)32(20-23-12-9-11-22(2)19-23)29(33)21-35-28-18-10-14-24-13-7-8-17-26(24)28/h7-14,17-19,25,27H,3-6,15-16,20-21H2,1-2H3,(H,31,34)/t27-/m1/s1. The topological polar surface area (TPSA) is 58.6 Å². The highest BCUT2D eigenvalue weighted by molar-refractivity contribution is 5.90. The Morgan fingerprint density at radius 3 is 2.51 bits per heavy atom. The summed E-state index contributed by atoms with van der Waals surface area (Å²) in [6.07, 6.45) is 6.09. The largest absolute Gasteiger partial charge is 0.483 e. The number of hydrogen-bond donors (Lipinski definition) is 1. The Hall–Kier alpha value is -3.34. The summed E-state index contributed by atoms with van der Waals surface area (Å²) >= 11 is 0. The smallest absolute Gasteiger partial charge is 0.261 e. The molecule has 0 aliphatic heterocycles. The molecule has 0 radical (unpaired) electrons. The average molecular weight is 473 g/mol. The van der Waals surface area contributed by atoms with E-state index in [9.17, 15) is 9.59 Å². The summed E-state index contributed by atoms with van der Waals surface area (Å²) in [7, 11) is 0. The molecular weight excluding hydrogens is 436 g/mol. The molecule has 0 spiro atoms. The molecule has 4 rings (SSSR count). The van der Waals surface area contributed by atoms with Gasteiger partial charge in [-0.15, -0.1) is 0 Å². The summed E-state index contributed by atoms with van der Waals surface area (Å²) < 4.78 is 6.02. The lowest BCUT2D eigenvalue weighted by Crippen LogP contribution is -2.52. The molecule has 0 aromatic heterocycles. The van der Waals surface area contributed by atoms with Gasteiger partial charge in [-0.25, -0.2) is 0 Å². The van der Waals surface area contributed by atoms with Gasteiger partial charge in [-0.2, -0.15) is 0 Å². The molecular formula is C30H36N2O3. The first-order valence-corrected chi connectivity index (χ1v) is 12.8. The van der Waals surface area contributed by atoms with Crippen LogP contribution in [0.4, 0.5) is 0 Å². The Bertz CT molecular complexity index is 1150. The van der Waals surface area contributed by atoms with Gasteiger partial charge in [0.15, 0.2) is 6.61 Å². The van der Waals surface area contributed by atoms with E-state index in [0.717, 1.165) is 47.6 Å². The Morgan fingerprint density at radius 2 is 1.74 bits per heavy atom. The molecule has 1 N–H and O–H groups in total. The molecule has 5 heteroatoms. The van der Waals surface area contributed by atoms with Gasteiger partial charge in [-0.05, 0) is 43.2 Å². The Morgan fingerprint density at radius 1 is 1.00 bits per heavy atom. The number of carbonyl (C=O) groups is 2. The van der Waals surface area contributed by atoms with Crippen molar-refractivity contribution >= 4 is 22.6 Å². The van der Waals surface area contributed by atoms with Gasteiger partial charge < -0.3 is 15.0 Å². The number of nitrogens with zero attached hydrogens (tertiary/aromatic N) is 1. The lowest BCUT2D eigenvalue weighted by atomic mass is 9.95. The summed E-state index contributed by atoms with van der Waals surface area (Å²) in [5.74, 6) is 0.419. The summed E-state index contributed by atoms with van der Waals surface area (Å²) in [6, 6.07) is 21.6. The quantitative estimate of drug-likeness (QED) is 0.429. The van der Waals surface area contributed by atoms with Crippen LogP contribution in [0.3, 0.4) is 0 Å². The fourth-order valence-electron chi connectivity index (χ4n) is 5.01. The zero-order chi connectivity index (χ0) is 24.6. The van der Waals surface area contributed by atoms with E-state index in [4.69, 9.17) is 4.74 Å². The van der Waals surface area contributed by atoms with Crippen LogP contribution in [0, 0.1) is 6.92 Å².